The van der Waals surface area contributed by atoms with Gasteiger partial charge in [0.1, 0.15) is 0 Å². The topological polar surface area (TPSA) is 29.3 Å². The Hall–Kier alpha value is -0.0800. The van der Waals surface area contributed by atoms with Crippen molar-refractivity contribution in [1.29, 1.82) is 0 Å². The Morgan fingerprint density at radius 3 is 2.27 bits per heavy atom. The maximum Gasteiger partial charge on any atom is 0.0170 e. The molecule has 2 heteroatoms. The van der Waals surface area contributed by atoms with E-state index in [-0.39, 0.29) is 0 Å². The van der Waals surface area contributed by atoms with Crippen LogP contribution in [0.5, 0.6) is 0 Å². The van der Waals surface area contributed by atoms with Crippen LogP contribution in [-0.4, -0.2) is 30.1 Å². The van der Waals surface area contributed by atoms with Gasteiger partial charge in [0.2, 0.25) is 0 Å². The first-order chi connectivity index (χ1) is 7.17. The zero-order valence-corrected chi connectivity index (χ0v) is 10.7. The van der Waals surface area contributed by atoms with Crippen molar-refractivity contribution in [1.82, 2.24) is 4.90 Å². The van der Waals surface area contributed by atoms with E-state index in [1.165, 1.54) is 38.6 Å². The Bertz CT molecular complexity index is 154. The molecule has 0 aromatic heterocycles. The molecule has 90 valence electrons. The molecule has 1 rings (SSSR count). The van der Waals surface area contributed by atoms with E-state index >= 15 is 0 Å². The van der Waals surface area contributed by atoms with Crippen LogP contribution in [0.1, 0.15) is 52.9 Å². The second-order valence-electron chi connectivity index (χ2n) is 5.29. The van der Waals surface area contributed by atoms with Crippen molar-refractivity contribution < 1.29 is 0 Å². The van der Waals surface area contributed by atoms with Gasteiger partial charge >= 0.3 is 0 Å². The van der Waals surface area contributed by atoms with E-state index in [0.717, 1.165) is 18.5 Å². The summed E-state index contributed by atoms with van der Waals surface area (Å²) < 4.78 is 0. The Balaban J connectivity index is 2.49. The zero-order valence-electron chi connectivity index (χ0n) is 10.7. The van der Waals surface area contributed by atoms with Gasteiger partial charge in [0.25, 0.3) is 0 Å². The lowest BCUT2D eigenvalue weighted by Crippen LogP contribution is -2.50. The van der Waals surface area contributed by atoms with E-state index in [9.17, 15) is 0 Å². The SMILES string of the molecule is CCCC(CCC)N1CC(C)CC(N)C1. The highest BCUT2D eigenvalue weighted by atomic mass is 15.2. The highest BCUT2D eigenvalue weighted by Crippen LogP contribution is 2.21. The van der Waals surface area contributed by atoms with Crippen molar-refractivity contribution in [3.05, 3.63) is 0 Å². The summed E-state index contributed by atoms with van der Waals surface area (Å²) in [6.45, 7) is 9.29. The number of nitrogens with two attached hydrogens (primary N) is 1. The summed E-state index contributed by atoms with van der Waals surface area (Å²) in [5, 5.41) is 0. The average Bonchev–Trinajstić information content (AvgIpc) is 2.16. The Morgan fingerprint density at radius 2 is 1.80 bits per heavy atom. The van der Waals surface area contributed by atoms with Crippen molar-refractivity contribution in [2.75, 3.05) is 13.1 Å². The van der Waals surface area contributed by atoms with Gasteiger partial charge < -0.3 is 5.73 Å². The van der Waals surface area contributed by atoms with Crippen molar-refractivity contribution in [2.24, 2.45) is 11.7 Å². The van der Waals surface area contributed by atoms with Crippen molar-refractivity contribution >= 4 is 0 Å². The van der Waals surface area contributed by atoms with Crippen molar-refractivity contribution in [2.45, 2.75) is 65.0 Å². The molecule has 1 saturated heterocycles. The van der Waals surface area contributed by atoms with E-state index in [1.54, 1.807) is 0 Å². The summed E-state index contributed by atoms with van der Waals surface area (Å²) in [4.78, 5) is 2.64. The van der Waals surface area contributed by atoms with Gasteiger partial charge in [-0.2, -0.15) is 0 Å². The predicted molar refractivity (Wildman–Crippen MR) is 66.9 cm³/mol. The first-order valence-electron chi connectivity index (χ1n) is 6.67. The minimum atomic E-state index is 0.407. The van der Waals surface area contributed by atoms with E-state index < -0.39 is 0 Å². The normalized spacial score (nSPS) is 28.6. The summed E-state index contributed by atoms with van der Waals surface area (Å²) in [5.41, 5.74) is 6.10. The second kappa shape index (κ2) is 6.49. The van der Waals surface area contributed by atoms with Gasteiger partial charge in [-0.3, -0.25) is 4.90 Å². The van der Waals surface area contributed by atoms with E-state index in [1.807, 2.05) is 0 Å². The Morgan fingerprint density at radius 1 is 1.20 bits per heavy atom. The smallest absolute Gasteiger partial charge is 0.0170 e. The molecule has 1 aliphatic heterocycles. The number of hydrogen-bond acceptors (Lipinski definition) is 2. The third-order valence-corrected chi connectivity index (χ3v) is 3.48. The van der Waals surface area contributed by atoms with Gasteiger partial charge in [0, 0.05) is 25.2 Å². The summed E-state index contributed by atoms with van der Waals surface area (Å²) >= 11 is 0. The number of nitrogens with zero attached hydrogens (tertiary/aromatic N) is 1. The number of rotatable bonds is 5. The molecule has 2 atom stereocenters. The molecule has 1 fully saturated rings. The van der Waals surface area contributed by atoms with Crippen LogP contribution in [0.3, 0.4) is 0 Å². The first kappa shape index (κ1) is 13.0. The van der Waals surface area contributed by atoms with Crippen molar-refractivity contribution in [3.63, 3.8) is 0 Å². The molecule has 2 unspecified atom stereocenters. The van der Waals surface area contributed by atoms with Crippen LogP contribution in [0.4, 0.5) is 0 Å². The van der Waals surface area contributed by atoms with Crippen LogP contribution in [0.25, 0.3) is 0 Å². The van der Waals surface area contributed by atoms with Gasteiger partial charge in [-0.1, -0.05) is 33.6 Å². The minimum absolute atomic E-state index is 0.407. The van der Waals surface area contributed by atoms with E-state index in [2.05, 4.69) is 25.7 Å². The molecule has 15 heavy (non-hydrogen) atoms. The standard InChI is InChI=1S/C13H28N2/c1-4-6-13(7-5-2)15-9-11(3)8-12(14)10-15/h11-13H,4-10,14H2,1-3H3. The van der Waals surface area contributed by atoms with Crippen LogP contribution in [0.15, 0.2) is 0 Å². The molecule has 1 heterocycles. The third kappa shape index (κ3) is 4.12. The van der Waals surface area contributed by atoms with Crippen LogP contribution in [-0.2, 0) is 0 Å². The molecule has 0 aromatic rings. The molecular weight excluding hydrogens is 184 g/mol. The monoisotopic (exact) mass is 212 g/mol. The zero-order chi connectivity index (χ0) is 11.3. The number of piperidine rings is 1. The highest BCUT2D eigenvalue weighted by Gasteiger charge is 2.26. The summed E-state index contributed by atoms with van der Waals surface area (Å²) in [7, 11) is 0. The molecule has 2 nitrogen and oxygen atoms in total. The van der Waals surface area contributed by atoms with Gasteiger partial charge in [-0.05, 0) is 25.2 Å². The van der Waals surface area contributed by atoms with Gasteiger partial charge in [0.05, 0.1) is 0 Å². The van der Waals surface area contributed by atoms with Crippen molar-refractivity contribution in [3.8, 4) is 0 Å². The Labute approximate surface area is 95.2 Å². The quantitative estimate of drug-likeness (QED) is 0.759. The molecule has 0 radical (unpaired) electrons. The third-order valence-electron chi connectivity index (χ3n) is 3.48. The molecule has 1 aliphatic rings. The fourth-order valence-corrected chi connectivity index (χ4v) is 2.92. The average molecular weight is 212 g/mol. The molecule has 2 N–H and O–H groups in total. The second-order valence-corrected chi connectivity index (χ2v) is 5.29. The molecule has 0 saturated carbocycles. The molecule has 0 bridgehead atoms. The van der Waals surface area contributed by atoms with Crippen LogP contribution >= 0.6 is 0 Å². The largest absolute Gasteiger partial charge is 0.327 e. The van der Waals surface area contributed by atoms with Crippen LogP contribution in [0.2, 0.25) is 0 Å². The highest BCUT2D eigenvalue weighted by molar-refractivity contribution is 4.83. The van der Waals surface area contributed by atoms with E-state index in [0.29, 0.717) is 6.04 Å². The maximum absolute atomic E-state index is 6.10. The maximum atomic E-state index is 6.10. The molecular formula is C13H28N2. The first-order valence-corrected chi connectivity index (χ1v) is 6.67. The lowest BCUT2D eigenvalue weighted by molar-refractivity contribution is 0.104. The van der Waals surface area contributed by atoms with Crippen LogP contribution in [0, 0.1) is 5.92 Å². The fraction of sp³-hybridized carbons (Fsp3) is 1.00. The Kier molecular flexibility index (Phi) is 5.62. The lowest BCUT2D eigenvalue weighted by atomic mass is 9.93. The number of likely N-dealkylation sites (tertiary alicyclic amines) is 1. The van der Waals surface area contributed by atoms with E-state index in [4.69, 9.17) is 5.73 Å². The van der Waals surface area contributed by atoms with Gasteiger partial charge in [-0.15, -0.1) is 0 Å². The predicted octanol–water partition coefficient (Wildman–Crippen LogP) is 2.62. The fourth-order valence-electron chi connectivity index (χ4n) is 2.92. The van der Waals surface area contributed by atoms with Gasteiger partial charge in [0.15, 0.2) is 0 Å². The summed E-state index contributed by atoms with van der Waals surface area (Å²) in [5.74, 6) is 0.782. The molecule has 0 aromatic carbocycles. The van der Waals surface area contributed by atoms with Crippen LogP contribution < -0.4 is 5.73 Å². The lowest BCUT2D eigenvalue weighted by Gasteiger charge is -2.40. The summed E-state index contributed by atoms with van der Waals surface area (Å²) in [6, 6.07) is 1.19. The summed E-state index contributed by atoms with van der Waals surface area (Å²) in [6.07, 6.45) is 6.48. The molecule has 0 spiro atoms. The van der Waals surface area contributed by atoms with Gasteiger partial charge in [-0.25, -0.2) is 0 Å². The molecule has 0 amide bonds. The molecule has 0 aliphatic carbocycles. The minimum Gasteiger partial charge on any atom is -0.327 e. The number of hydrogen-bond donors (Lipinski definition) is 1.